The summed E-state index contributed by atoms with van der Waals surface area (Å²) < 4.78 is 16.3. The molecule has 7 nitrogen and oxygen atoms in total. The Kier molecular flexibility index (Phi) is 3.03. The SMILES string of the molecule is CCc1noc2ncnc(Nc3ccc4c(c3)OCCO4)c12. The molecule has 0 atom stereocenters. The van der Waals surface area contributed by atoms with Gasteiger partial charge in [0, 0.05) is 11.8 Å². The molecule has 7 heteroatoms. The molecular weight excluding hydrogens is 284 g/mol. The molecular formula is C15H14N4O3. The Bertz CT molecular complexity index is 831. The Labute approximate surface area is 126 Å². The third-order valence-corrected chi connectivity index (χ3v) is 3.48. The van der Waals surface area contributed by atoms with Crippen LogP contribution >= 0.6 is 0 Å². The van der Waals surface area contributed by atoms with Gasteiger partial charge in [-0.2, -0.15) is 4.98 Å². The predicted octanol–water partition coefficient (Wildman–Crippen LogP) is 2.70. The molecule has 1 aliphatic rings. The average Bonchev–Trinajstić information content (AvgIpc) is 2.99. The van der Waals surface area contributed by atoms with Crippen LogP contribution in [0.4, 0.5) is 11.5 Å². The molecule has 0 spiro atoms. The van der Waals surface area contributed by atoms with Crippen molar-refractivity contribution in [2.75, 3.05) is 18.5 Å². The van der Waals surface area contributed by atoms with E-state index >= 15 is 0 Å². The minimum atomic E-state index is 0.479. The van der Waals surface area contributed by atoms with Crippen molar-refractivity contribution in [3.8, 4) is 11.5 Å². The second kappa shape index (κ2) is 5.18. The lowest BCUT2D eigenvalue weighted by Crippen LogP contribution is -2.15. The number of hydrogen-bond donors (Lipinski definition) is 1. The quantitative estimate of drug-likeness (QED) is 0.796. The van der Waals surface area contributed by atoms with E-state index < -0.39 is 0 Å². The molecule has 0 unspecified atom stereocenters. The fraction of sp³-hybridized carbons (Fsp3) is 0.267. The van der Waals surface area contributed by atoms with Crippen LogP contribution in [0.1, 0.15) is 12.6 Å². The van der Waals surface area contributed by atoms with E-state index in [-0.39, 0.29) is 0 Å². The second-order valence-electron chi connectivity index (χ2n) is 4.87. The van der Waals surface area contributed by atoms with E-state index in [0.29, 0.717) is 24.7 Å². The summed E-state index contributed by atoms with van der Waals surface area (Å²) >= 11 is 0. The van der Waals surface area contributed by atoms with Gasteiger partial charge in [-0.1, -0.05) is 12.1 Å². The van der Waals surface area contributed by atoms with Gasteiger partial charge in [0.05, 0.1) is 5.69 Å². The molecule has 1 aliphatic heterocycles. The van der Waals surface area contributed by atoms with Gasteiger partial charge >= 0.3 is 0 Å². The van der Waals surface area contributed by atoms with E-state index in [2.05, 4.69) is 20.4 Å². The molecule has 0 bridgehead atoms. The third kappa shape index (κ3) is 2.11. The lowest BCUT2D eigenvalue weighted by atomic mass is 10.2. The summed E-state index contributed by atoms with van der Waals surface area (Å²) in [6.45, 7) is 3.14. The summed E-state index contributed by atoms with van der Waals surface area (Å²) in [6.07, 6.45) is 2.20. The van der Waals surface area contributed by atoms with Crippen LogP contribution in [0, 0.1) is 0 Å². The number of fused-ring (bicyclic) bond motifs is 2. The van der Waals surface area contributed by atoms with Gasteiger partial charge in [-0.15, -0.1) is 0 Å². The Hall–Kier alpha value is -2.83. The number of nitrogens with zero attached hydrogens (tertiary/aromatic N) is 3. The van der Waals surface area contributed by atoms with Gasteiger partial charge in [-0.25, -0.2) is 4.98 Å². The Morgan fingerprint density at radius 3 is 2.86 bits per heavy atom. The molecule has 0 saturated carbocycles. The lowest BCUT2D eigenvalue weighted by molar-refractivity contribution is 0.171. The fourth-order valence-electron chi connectivity index (χ4n) is 2.44. The number of hydrogen-bond acceptors (Lipinski definition) is 7. The third-order valence-electron chi connectivity index (χ3n) is 3.48. The number of aromatic nitrogens is 3. The van der Waals surface area contributed by atoms with E-state index in [9.17, 15) is 0 Å². The van der Waals surface area contributed by atoms with Crippen molar-refractivity contribution >= 4 is 22.6 Å². The van der Waals surface area contributed by atoms with Crippen LogP contribution in [0.3, 0.4) is 0 Å². The smallest absolute Gasteiger partial charge is 0.263 e. The number of rotatable bonds is 3. The van der Waals surface area contributed by atoms with Crippen molar-refractivity contribution in [3.05, 3.63) is 30.2 Å². The number of ether oxygens (including phenoxy) is 2. The molecule has 0 aliphatic carbocycles. The molecule has 2 aromatic heterocycles. The first-order chi connectivity index (χ1) is 10.8. The highest BCUT2D eigenvalue weighted by Crippen LogP contribution is 2.34. The number of aryl methyl sites for hydroxylation is 1. The first-order valence-electron chi connectivity index (χ1n) is 7.11. The molecule has 1 N–H and O–H groups in total. The molecule has 0 saturated heterocycles. The Balaban J connectivity index is 1.73. The van der Waals surface area contributed by atoms with E-state index in [1.54, 1.807) is 0 Å². The lowest BCUT2D eigenvalue weighted by Gasteiger charge is -2.19. The Morgan fingerprint density at radius 2 is 2.00 bits per heavy atom. The van der Waals surface area contributed by atoms with E-state index in [4.69, 9.17) is 14.0 Å². The van der Waals surface area contributed by atoms with Crippen molar-refractivity contribution in [1.82, 2.24) is 15.1 Å². The number of benzene rings is 1. The van der Waals surface area contributed by atoms with Crippen LogP contribution in [0.2, 0.25) is 0 Å². The molecule has 0 fully saturated rings. The van der Waals surface area contributed by atoms with Gasteiger partial charge in [0.25, 0.3) is 5.71 Å². The molecule has 1 aromatic carbocycles. The summed E-state index contributed by atoms with van der Waals surface area (Å²) in [5.41, 5.74) is 2.16. The predicted molar refractivity (Wildman–Crippen MR) is 79.7 cm³/mol. The highest BCUT2D eigenvalue weighted by atomic mass is 16.6. The number of anilines is 2. The highest BCUT2D eigenvalue weighted by Gasteiger charge is 2.16. The maximum atomic E-state index is 5.59. The topological polar surface area (TPSA) is 82.3 Å². The van der Waals surface area contributed by atoms with Crippen LogP contribution in [-0.2, 0) is 6.42 Å². The van der Waals surface area contributed by atoms with Crippen molar-refractivity contribution in [3.63, 3.8) is 0 Å². The van der Waals surface area contributed by atoms with Crippen LogP contribution in [0.15, 0.2) is 29.0 Å². The first-order valence-corrected chi connectivity index (χ1v) is 7.11. The van der Waals surface area contributed by atoms with Crippen molar-refractivity contribution in [2.45, 2.75) is 13.3 Å². The van der Waals surface area contributed by atoms with E-state index in [0.717, 1.165) is 34.7 Å². The van der Waals surface area contributed by atoms with Gasteiger partial charge < -0.3 is 19.3 Å². The highest BCUT2D eigenvalue weighted by molar-refractivity contribution is 5.89. The minimum absolute atomic E-state index is 0.479. The molecule has 4 rings (SSSR count). The molecule has 22 heavy (non-hydrogen) atoms. The summed E-state index contributed by atoms with van der Waals surface area (Å²) in [5, 5.41) is 8.10. The van der Waals surface area contributed by atoms with Gasteiger partial charge in [0.1, 0.15) is 30.7 Å². The van der Waals surface area contributed by atoms with Gasteiger partial charge in [0.15, 0.2) is 11.5 Å². The van der Waals surface area contributed by atoms with E-state index in [1.807, 2.05) is 25.1 Å². The minimum Gasteiger partial charge on any atom is -0.486 e. The van der Waals surface area contributed by atoms with Gasteiger partial charge in [-0.05, 0) is 18.6 Å². The van der Waals surface area contributed by atoms with Crippen LogP contribution in [0.5, 0.6) is 11.5 Å². The van der Waals surface area contributed by atoms with Crippen molar-refractivity contribution in [2.24, 2.45) is 0 Å². The zero-order chi connectivity index (χ0) is 14.9. The number of nitrogens with one attached hydrogen (secondary N) is 1. The van der Waals surface area contributed by atoms with Crippen molar-refractivity contribution in [1.29, 1.82) is 0 Å². The largest absolute Gasteiger partial charge is 0.486 e. The standard InChI is InChI=1S/C15H14N4O3/c1-2-10-13-14(16-8-17-15(13)22-19-10)18-9-3-4-11-12(7-9)21-6-5-20-11/h3-4,7-8H,2,5-6H2,1H3,(H,16,17,18). The molecule has 3 heterocycles. The summed E-state index contributed by atoms with van der Waals surface area (Å²) in [7, 11) is 0. The van der Waals surface area contributed by atoms with E-state index in [1.165, 1.54) is 6.33 Å². The molecule has 112 valence electrons. The molecule has 0 radical (unpaired) electrons. The Morgan fingerprint density at radius 1 is 1.14 bits per heavy atom. The van der Waals surface area contributed by atoms with Gasteiger partial charge in [-0.3, -0.25) is 0 Å². The zero-order valence-corrected chi connectivity index (χ0v) is 12.0. The summed E-state index contributed by atoms with van der Waals surface area (Å²) in [6, 6.07) is 5.69. The first kappa shape index (κ1) is 12.9. The maximum absolute atomic E-state index is 5.59. The maximum Gasteiger partial charge on any atom is 0.263 e. The van der Waals surface area contributed by atoms with Crippen LogP contribution in [0.25, 0.3) is 11.1 Å². The summed E-state index contributed by atoms with van der Waals surface area (Å²) in [5.74, 6) is 2.14. The zero-order valence-electron chi connectivity index (χ0n) is 12.0. The van der Waals surface area contributed by atoms with Gasteiger partial charge in [0.2, 0.25) is 0 Å². The summed E-state index contributed by atoms with van der Waals surface area (Å²) in [4.78, 5) is 8.40. The normalized spacial score (nSPS) is 13.3. The molecule has 3 aromatic rings. The fourth-order valence-corrected chi connectivity index (χ4v) is 2.44. The monoisotopic (exact) mass is 298 g/mol. The average molecular weight is 298 g/mol. The van der Waals surface area contributed by atoms with Crippen LogP contribution in [-0.4, -0.2) is 28.3 Å². The van der Waals surface area contributed by atoms with Crippen molar-refractivity contribution < 1.29 is 14.0 Å². The second-order valence-corrected chi connectivity index (χ2v) is 4.87. The van der Waals surface area contributed by atoms with Crippen LogP contribution < -0.4 is 14.8 Å². The molecule has 0 amide bonds.